The van der Waals surface area contributed by atoms with Crippen molar-refractivity contribution in [2.75, 3.05) is 0 Å². The maximum Gasteiger partial charge on any atom is 1.00 e. The second-order valence-corrected chi connectivity index (χ2v) is 3.92. The maximum absolute atomic E-state index is 10.3. The quantitative estimate of drug-likeness (QED) is 0.346. The molecule has 0 aliphatic heterocycles. The molecule has 0 aliphatic carbocycles. The maximum atomic E-state index is 10.3. The molecule has 0 amide bonds. The molecule has 9 heavy (non-hydrogen) atoms. The molecule has 4 heteroatoms. The van der Waals surface area contributed by atoms with E-state index >= 15 is 0 Å². The van der Waals surface area contributed by atoms with Gasteiger partial charge in [-0.1, -0.05) is 6.92 Å². The fraction of sp³-hybridized carbons (Fsp3) is 1.00. The van der Waals surface area contributed by atoms with Crippen LogP contribution in [0.1, 0.15) is 27.2 Å². The van der Waals surface area contributed by atoms with Crippen LogP contribution in [0.3, 0.4) is 0 Å². The van der Waals surface area contributed by atoms with Gasteiger partial charge in [-0.15, -0.1) is 0 Å². The van der Waals surface area contributed by atoms with Gasteiger partial charge in [-0.3, -0.25) is 4.21 Å². The van der Waals surface area contributed by atoms with Gasteiger partial charge in [0.05, 0.1) is 0 Å². The van der Waals surface area contributed by atoms with Gasteiger partial charge in [0.25, 0.3) is 0 Å². The zero-order valence-electron chi connectivity index (χ0n) is 6.43. The van der Waals surface area contributed by atoms with Crippen LogP contribution < -0.4 is 29.6 Å². The van der Waals surface area contributed by atoms with Crippen LogP contribution in [0.4, 0.5) is 0 Å². The van der Waals surface area contributed by atoms with E-state index in [-0.39, 0.29) is 29.6 Å². The van der Waals surface area contributed by atoms with Crippen molar-refractivity contribution >= 4 is 11.1 Å². The Balaban J connectivity index is 0. The molecule has 0 radical (unpaired) electrons. The number of rotatable bonds is 2. The molecule has 0 heterocycles. The number of hydrogen-bond donors (Lipinski definition) is 0. The van der Waals surface area contributed by atoms with Crippen LogP contribution in [0, 0.1) is 0 Å². The monoisotopic (exact) mass is 158 g/mol. The molecule has 2 nitrogen and oxygen atoms in total. The summed E-state index contributed by atoms with van der Waals surface area (Å²) in [4.78, 5) is 0. The Labute approximate surface area is 81.0 Å². The van der Waals surface area contributed by atoms with Gasteiger partial charge in [0, 0.05) is 4.75 Å². The molecule has 0 N–H and O–H groups in total. The topological polar surface area (TPSA) is 40.1 Å². The Morgan fingerprint density at radius 1 is 1.56 bits per heavy atom. The summed E-state index contributed by atoms with van der Waals surface area (Å²) >= 11 is -1.93. The SMILES string of the molecule is CCC(C)(C)S(=O)[O-].[Na+]. The van der Waals surface area contributed by atoms with Gasteiger partial charge < -0.3 is 4.55 Å². The summed E-state index contributed by atoms with van der Waals surface area (Å²) in [5.74, 6) is 0. The Kier molecular flexibility index (Phi) is 6.88. The summed E-state index contributed by atoms with van der Waals surface area (Å²) in [5, 5.41) is 0. The van der Waals surface area contributed by atoms with Gasteiger partial charge in [-0.2, -0.15) is 0 Å². The van der Waals surface area contributed by atoms with E-state index in [4.69, 9.17) is 0 Å². The van der Waals surface area contributed by atoms with Gasteiger partial charge in [-0.05, 0) is 31.3 Å². The second-order valence-electron chi connectivity index (χ2n) is 2.35. The van der Waals surface area contributed by atoms with Crippen molar-refractivity contribution in [3.8, 4) is 0 Å². The van der Waals surface area contributed by atoms with Crippen molar-refractivity contribution in [2.45, 2.75) is 31.9 Å². The largest absolute Gasteiger partial charge is 1.00 e. The summed E-state index contributed by atoms with van der Waals surface area (Å²) in [6.07, 6.45) is 0.670. The Hall–Kier alpha value is 1.11. The Morgan fingerprint density at radius 3 is 1.89 bits per heavy atom. The minimum Gasteiger partial charge on any atom is -0.772 e. The fourth-order valence-electron chi connectivity index (χ4n) is 0.118. The molecule has 1 atom stereocenters. The van der Waals surface area contributed by atoms with Gasteiger partial charge in [0.2, 0.25) is 0 Å². The molecule has 50 valence electrons. The normalized spacial score (nSPS) is 14.2. The molecule has 0 fully saturated rings. The summed E-state index contributed by atoms with van der Waals surface area (Å²) in [7, 11) is 0. The minimum atomic E-state index is -1.93. The first-order chi connectivity index (χ1) is 3.50. The van der Waals surface area contributed by atoms with Crippen molar-refractivity contribution in [3.05, 3.63) is 0 Å². The third-order valence-corrected chi connectivity index (χ3v) is 2.49. The minimum absolute atomic E-state index is 0. The first kappa shape index (κ1) is 12.8. The van der Waals surface area contributed by atoms with Gasteiger partial charge in [0.1, 0.15) is 0 Å². The van der Waals surface area contributed by atoms with Crippen LogP contribution in [-0.4, -0.2) is 13.5 Å². The zero-order chi connectivity index (χ0) is 6.78. The summed E-state index contributed by atoms with van der Waals surface area (Å²) in [6.45, 7) is 5.27. The molecular weight excluding hydrogens is 147 g/mol. The third kappa shape index (κ3) is 4.51. The van der Waals surface area contributed by atoms with Crippen LogP contribution in [0.15, 0.2) is 0 Å². The van der Waals surface area contributed by atoms with Crippen LogP contribution in [0.5, 0.6) is 0 Å². The molecular formula is C5H11NaO2S. The molecule has 0 aromatic heterocycles. The van der Waals surface area contributed by atoms with E-state index in [1.165, 1.54) is 0 Å². The molecule has 0 aliphatic rings. The molecule has 0 saturated carbocycles. The fourth-order valence-corrected chi connectivity index (χ4v) is 0.354. The van der Waals surface area contributed by atoms with Crippen LogP contribution in [-0.2, 0) is 11.1 Å². The van der Waals surface area contributed by atoms with E-state index < -0.39 is 15.8 Å². The van der Waals surface area contributed by atoms with E-state index in [9.17, 15) is 8.76 Å². The first-order valence-corrected chi connectivity index (χ1v) is 3.67. The Morgan fingerprint density at radius 2 is 1.89 bits per heavy atom. The van der Waals surface area contributed by atoms with E-state index in [0.29, 0.717) is 6.42 Å². The molecule has 0 bridgehead atoms. The average Bonchev–Trinajstić information content (AvgIpc) is 1.67. The van der Waals surface area contributed by atoms with Crippen LogP contribution in [0.2, 0.25) is 0 Å². The molecule has 0 aromatic rings. The molecule has 0 rings (SSSR count). The summed E-state index contributed by atoms with van der Waals surface area (Å²) in [6, 6.07) is 0. The van der Waals surface area contributed by atoms with Crippen molar-refractivity contribution in [3.63, 3.8) is 0 Å². The van der Waals surface area contributed by atoms with Crippen molar-refractivity contribution < 1.29 is 38.3 Å². The first-order valence-electron chi connectivity index (χ1n) is 2.60. The van der Waals surface area contributed by atoms with Gasteiger partial charge in [0.15, 0.2) is 0 Å². The zero-order valence-corrected chi connectivity index (χ0v) is 9.25. The standard InChI is InChI=1S/C5H12O2S.Na/c1-4-5(2,3)8(6)7;/h4H2,1-3H3,(H,6,7);/q;+1/p-1. The van der Waals surface area contributed by atoms with Crippen molar-refractivity contribution in [1.29, 1.82) is 0 Å². The Bertz CT molecular complexity index is 103. The summed E-state index contributed by atoms with van der Waals surface area (Å²) < 4.78 is 20.0. The predicted molar refractivity (Wildman–Crippen MR) is 33.3 cm³/mol. The molecule has 0 aromatic carbocycles. The molecule has 0 spiro atoms. The van der Waals surface area contributed by atoms with E-state index in [1.807, 2.05) is 6.92 Å². The molecule has 1 unspecified atom stereocenters. The van der Waals surface area contributed by atoms with E-state index in [2.05, 4.69) is 0 Å². The van der Waals surface area contributed by atoms with Gasteiger partial charge in [-0.25, -0.2) is 0 Å². The van der Waals surface area contributed by atoms with Crippen molar-refractivity contribution in [1.82, 2.24) is 0 Å². The third-order valence-electron chi connectivity index (χ3n) is 1.30. The number of hydrogen-bond acceptors (Lipinski definition) is 2. The van der Waals surface area contributed by atoms with E-state index in [0.717, 1.165) is 0 Å². The molecule has 0 saturated heterocycles. The predicted octanol–water partition coefficient (Wildman–Crippen LogP) is -1.94. The second kappa shape index (κ2) is 4.85. The van der Waals surface area contributed by atoms with E-state index in [1.54, 1.807) is 13.8 Å². The van der Waals surface area contributed by atoms with Gasteiger partial charge >= 0.3 is 29.6 Å². The summed E-state index contributed by atoms with van der Waals surface area (Å²) in [5.41, 5.74) is 0. The van der Waals surface area contributed by atoms with Crippen LogP contribution in [0.25, 0.3) is 0 Å². The average molecular weight is 158 g/mol. The smallest absolute Gasteiger partial charge is 0.772 e. The van der Waals surface area contributed by atoms with Crippen molar-refractivity contribution in [2.24, 2.45) is 0 Å². The van der Waals surface area contributed by atoms with Crippen LogP contribution >= 0.6 is 0 Å².